The molecule has 0 radical (unpaired) electrons. The molecular formula is C45H70O16. The topological polar surface area (TPSA) is 251 Å². The number of aliphatic hydroxyl groups is 7. The van der Waals surface area contributed by atoms with E-state index in [1.54, 1.807) is 6.92 Å². The summed E-state index contributed by atoms with van der Waals surface area (Å²) >= 11 is 0. The van der Waals surface area contributed by atoms with E-state index in [9.17, 15) is 45.3 Å². The highest BCUT2D eigenvalue weighted by Gasteiger charge is 2.79. The van der Waals surface area contributed by atoms with E-state index in [4.69, 9.17) is 33.5 Å². The third-order valence-electron chi connectivity index (χ3n) is 18.4. The average molecular weight is 867 g/mol. The quantitative estimate of drug-likeness (QED) is 0.0712. The number of esters is 1. The van der Waals surface area contributed by atoms with Crippen LogP contribution in [0.2, 0.25) is 0 Å². The molecular weight excluding hydrogens is 796 g/mol. The molecule has 0 aromatic heterocycles. The van der Waals surface area contributed by atoms with Gasteiger partial charge in [-0.2, -0.15) is 0 Å². The summed E-state index contributed by atoms with van der Waals surface area (Å²) in [5.74, 6) is -2.21. The average Bonchev–Trinajstić information content (AvgIpc) is 3.47. The monoisotopic (exact) mass is 866 g/mol. The number of hydrogen-bond acceptors (Lipinski definition) is 15. The molecule has 16 nitrogen and oxygen atoms in total. The minimum absolute atomic E-state index is 0.00846. The van der Waals surface area contributed by atoms with E-state index in [0.717, 1.165) is 38.5 Å². The van der Waals surface area contributed by atoms with Gasteiger partial charge in [-0.1, -0.05) is 53.7 Å². The number of carboxylic acid groups (broad SMARTS) is 1. The maximum Gasteiger partial charge on any atom is 0.317 e. The number of fused-ring (bicyclic) bond motifs is 4. The lowest BCUT2D eigenvalue weighted by Crippen LogP contribution is -2.72. The number of allylic oxidation sites excluding steroid dienone is 1. The van der Waals surface area contributed by atoms with Crippen LogP contribution in [-0.4, -0.2) is 152 Å². The van der Waals surface area contributed by atoms with Crippen molar-refractivity contribution in [3.8, 4) is 0 Å². The number of rotatable bonds is 9. The van der Waals surface area contributed by atoms with Gasteiger partial charge in [0.25, 0.3) is 0 Å². The second kappa shape index (κ2) is 15.4. The molecule has 16 heteroatoms. The Labute approximate surface area is 357 Å². The van der Waals surface area contributed by atoms with Crippen LogP contribution in [0.15, 0.2) is 12.2 Å². The second-order valence-electron chi connectivity index (χ2n) is 22.0. The highest BCUT2D eigenvalue weighted by atomic mass is 16.7. The maximum absolute atomic E-state index is 12.2. The molecule has 3 saturated heterocycles. The summed E-state index contributed by atoms with van der Waals surface area (Å²) in [4.78, 5) is 22.7. The van der Waals surface area contributed by atoms with Crippen LogP contribution in [0.1, 0.15) is 106 Å². The number of carboxylic acids is 1. The van der Waals surface area contributed by atoms with Crippen molar-refractivity contribution in [1.82, 2.24) is 0 Å². The molecule has 5 aliphatic carbocycles. The van der Waals surface area contributed by atoms with Crippen molar-refractivity contribution in [3.63, 3.8) is 0 Å². The Hall–Kier alpha value is -1.80. The van der Waals surface area contributed by atoms with Crippen molar-refractivity contribution in [2.75, 3.05) is 19.8 Å². The molecule has 3 heterocycles. The van der Waals surface area contributed by atoms with Gasteiger partial charge in [-0.3, -0.25) is 9.59 Å². The first-order chi connectivity index (χ1) is 28.4. The van der Waals surface area contributed by atoms with E-state index in [2.05, 4.69) is 46.8 Å². The van der Waals surface area contributed by atoms with Gasteiger partial charge >= 0.3 is 11.9 Å². The minimum Gasteiger partial charge on any atom is -0.481 e. The molecule has 21 atom stereocenters. The largest absolute Gasteiger partial charge is 0.481 e. The summed E-state index contributed by atoms with van der Waals surface area (Å²) in [5, 5.41) is 87.3. The summed E-state index contributed by atoms with van der Waals surface area (Å²) < 4.78 is 36.3. The van der Waals surface area contributed by atoms with Crippen LogP contribution in [0.3, 0.4) is 0 Å². The van der Waals surface area contributed by atoms with Crippen molar-refractivity contribution in [1.29, 1.82) is 0 Å². The van der Waals surface area contributed by atoms with Crippen LogP contribution >= 0.6 is 0 Å². The van der Waals surface area contributed by atoms with E-state index in [-0.39, 0.29) is 51.4 Å². The zero-order valence-corrected chi connectivity index (χ0v) is 36.6. The molecule has 346 valence electrons. The SMILES string of the molecule is C[C@H]1O[C@@H](O[C@H]2CC[C@@]3(C)[C@@H](CC[C@]4(C)[C@@H]3C=CC35OCC6(CCC(C)(C)C[C@H]63)[C@@H](O)C[C@]54C)[C@]2(C)CO)[C@H](O)[C@@H](O[C@@H]2O[C@H](COC(=O)CC(=O)O)[C@@H](O)[C@H](O)[C@H]2O)[C@H]1O. The highest BCUT2D eigenvalue weighted by Crippen LogP contribution is 2.79. The van der Waals surface area contributed by atoms with Gasteiger partial charge in [-0.05, 0) is 86.4 Å². The smallest absolute Gasteiger partial charge is 0.317 e. The Kier molecular flexibility index (Phi) is 11.6. The van der Waals surface area contributed by atoms with E-state index < -0.39 is 110 Å². The Bertz CT molecular complexity index is 1730. The molecule has 8 aliphatic rings. The number of aliphatic hydroxyl groups excluding tert-OH is 7. The number of hydrogen-bond donors (Lipinski definition) is 8. The highest BCUT2D eigenvalue weighted by molar-refractivity contribution is 5.90. The van der Waals surface area contributed by atoms with Gasteiger partial charge in [0.2, 0.25) is 0 Å². The van der Waals surface area contributed by atoms with Crippen LogP contribution in [0.5, 0.6) is 0 Å². The zero-order valence-electron chi connectivity index (χ0n) is 36.6. The molecule has 1 spiro atoms. The number of carbonyl (C=O) groups is 2. The fourth-order valence-corrected chi connectivity index (χ4v) is 14.6. The van der Waals surface area contributed by atoms with Crippen molar-refractivity contribution in [3.05, 3.63) is 12.2 Å². The molecule has 8 N–H and O–H groups in total. The summed E-state index contributed by atoms with van der Waals surface area (Å²) in [6, 6.07) is 0. The molecule has 8 rings (SSSR count). The summed E-state index contributed by atoms with van der Waals surface area (Å²) in [5.41, 5.74) is -2.16. The van der Waals surface area contributed by atoms with Crippen molar-refractivity contribution in [2.45, 2.75) is 185 Å². The maximum atomic E-state index is 12.2. The molecule has 7 fully saturated rings. The minimum atomic E-state index is -1.86. The van der Waals surface area contributed by atoms with Gasteiger partial charge < -0.3 is 69.3 Å². The van der Waals surface area contributed by atoms with Gasteiger partial charge in [-0.25, -0.2) is 0 Å². The lowest BCUT2D eigenvalue weighted by atomic mass is 9.32. The Morgan fingerprint density at radius 3 is 2.18 bits per heavy atom. The Morgan fingerprint density at radius 2 is 1.49 bits per heavy atom. The first kappa shape index (κ1) is 45.8. The molecule has 0 aromatic rings. The molecule has 0 aromatic carbocycles. The molecule has 4 saturated carbocycles. The van der Waals surface area contributed by atoms with Gasteiger partial charge in [0.15, 0.2) is 12.6 Å². The number of aliphatic carboxylic acids is 1. The van der Waals surface area contributed by atoms with Crippen LogP contribution in [0, 0.1) is 50.2 Å². The van der Waals surface area contributed by atoms with Gasteiger partial charge in [0.05, 0.1) is 37.1 Å². The number of carbonyl (C=O) groups excluding carboxylic acids is 1. The normalized spacial score (nSPS) is 54.8. The number of ether oxygens (including phenoxy) is 6. The summed E-state index contributed by atoms with van der Waals surface area (Å²) in [6.07, 6.45) is -6.06. The van der Waals surface area contributed by atoms with Gasteiger partial charge in [0, 0.05) is 22.2 Å². The van der Waals surface area contributed by atoms with Crippen LogP contribution in [0.4, 0.5) is 0 Å². The first-order valence-corrected chi connectivity index (χ1v) is 22.5. The summed E-state index contributed by atoms with van der Waals surface area (Å²) in [7, 11) is 0. The molecule has 2 unspecified atom stereocenters. The van der Waals surface area contributed by atoms with Crippen molar-refractivity contribution in [2.24, 2.45) is 50.2 Å². The molecule has 0 amide bonds. The van der Waals surface area contributed by atoms with Crippen LogP contribution in [0.25, 0.3) is 0 Å². The summed E-state index contributed by atoms with van der Waals surface area (Å²) in [6.45, 7) is 15.1. The molecule has 3 aliphatic heterocycles. The van der Waals surface area contributed by atoms with Crippen molar-refractivity contribution >= 4 is 11.9 Å². The van der Waals surface area contributed by atoms with E-state index in [0.29, 0.717) is 19.4 Å². The lowest BCUT2D eigenvalue weighted by Gasteiger charge is -2.73. The molecule has 61 heavy (non-hydrogen) atoms. The van der Waals surface area contributed by atoms with Crippen LogP contribution < -0.4 is 0 Å². The van der Waals surface area contributed by atoms with E-state index >= 15 is 0 Å². The Balaban J connectivity index is 1.01. The predicted molar refractivity (Wildman–Crippen MR) is 213 cm³/mol. The standard InChI is InChI=1S/C45H70O16/c1-22-31(51)36(61-37-34(54)33(53)32(52)23(59-37)19-56-30(50)16-29(48)49)35(55)38(58-22)60-28-10-11-40(4)24(41(28,5)20-46)8-12-42(6)25(40)9-13-45-26-17-39(2,3)14-15-44(26,21-57-45)27(47)18-43(42,45)7/h9,13,22-28,31-38,46-47,51-55H,8,10-12,14-21H2,1-7H3,(H,48,49)/t22-,23-,24-,25-,26-,27+,28+,31+,32-,33+,34-,35-,36+,37+,38+,40+,41+,42-,43+,44?,45?/m1/s1. The Morgan fingerprint density at radius 1 is 0.787 bits per heavy atom. The fraction of sp³-hybridized carbons (Fsp3) is 0.911. The predicted octanol–water partition coefficient (Wildman–Crippen LogP) is 1.80. The van der Waals surface area contributed by atoms with Gasteiger partial charge in [0.1, 0.15) is 55.8 Å². The first-order valence-electron chi connectivity index (χ1n) is 22.5. The fourth-order valence-electron chi connectivity index (χ4n) is 14.6. The van der Waals surface area contributed by atoms with E-state index in [1.165, 1.54) is 0 Å². The third-order valence-corrected chi connectivity index (χ3v) is 18.4. The lowest BCUT2D eigenvalue weighted by molar-refractivity contribution is -0.367. The second-order valence-corrected chi connectivity index (χ2v) is 22.0. The van der Waals surface area contributed by atoms with E-state index in [1.807, 2.05) is 6.92 Å². The zero-order chi connectivity index (χ0) is 44.5. The molecule has 2 bridgehead atoms. The van der Waals surface area contributed by atoms with Crippen LogP contribution in [-0.2, 0) is 38.0 Å². The third kappa shape index (κ3) is 6.65. The van der Waals surface area contributed by atoms with Crippen molar-refractivity contribution < 1.29 is 78.9 Å². The van der Waals surface area contributed by atoms with Gasteiger partial charge in [-0.15, -0.1) is 0 Å².